The number of benzene rings is 6. The molecule has 9 aromatic rings. The van der Waals surface area contributed by atoms with Crippen LogP contribution in [0, 0.1) is 22.7 Å². The van der Waals surface area contributed by atoms with E-state index in [1.165, 1.54) is 0 Å². The molecular formula is C45H27N3O2. The van der Waals surface area contributed by atoms with Crippen LogP contribution in [0.1, 0.15) is 18.1 Å². The Bertz CT molecular complexity index is 2990. The predicted octanol–water partition coefficient (Wildman–Crippen LogP) is 12.2. The number of para-hydroxylation sites is 3. The summed E-state index contributed by atoms with van der Waals surface area (Å²) in [6.45, 7) is 5.78. The van der Waals surface area contributed by atoms with Gasteiger partial charge in [-0.05, 0) is 72.2 Å². The standard InChI is InChI=1S/C45H27N3O2/c1-3-10-31(27(4-2)25-46)28-17-19-41-35(21-28)37-23-38-36-22-29(18-20-42(36)50-44(38)24-43(37)49-41)32-14-9-11-30(26-47)45(32)48-39-15-7-5-12-33(39)34-13-6-8-16-40(34)48/h3-24H,2H2,1H3/b10-3-,31-27-. The first kappa shape index (κ1) is 29.1. The van der Waals surface area contributed by atoms with Crippen molar-refractivity contribution in [3.05, 3.63) is 157 Å². The molecule has 0 unspecified atom stereocenters. The zero-order chi connectivity index (χ0) is 33.9. The zero-order valence-corrected chi connectivity index (χ0v) is 27.1. The second-order valence-electron chi connectivity index (χ2n) is 12.3. The average Bonchev–Trinajstić information content (AvgIpc) is 3.81. The van der Waals surface area contributed by atoms with Crippen molar-refractivity contribution in [1.29, 1.82) is 10.5 Å². The number of fused-ring (bicyclic) bond motifs is 9. The second kappa shape index (κ2) is 11.3. The van der Waals surface area contributed by atoms with Crippen LogP contribution in [0.25, 0.3) is 88.1 Å². The van der Waals surface area contributed by atoms with Crippen LogP contribution in [0.5, 0.6) is 0 Å². The number of allylic oxidation sites excluding steroid dienone is 5. The first-order valence-electron chi connectivity index (χ1n) is 16.4. The Balaban J connectivity index is 1.28. The Hall–Kier alpha value is -7.08. The molecule has 5 heteroatoms. The lowest BCUT2D eigenvalue weighted by atomic mass is 9.97. The van der Waals surface area contributed by atoms with E-state index in [0.29, 0.717) is 11.1 Å². The Labute approximate surface area is 287 Å². The molecule has 6 aromatic carbocycles. The number of nitriles is 2. The Kier molecular flexibility index (Phi) is 6.56. The van der Waals surface area contributed by atoms with E-state index in [1.807, 2.05) is 67.6 Å². The van der Waals surface area contributed by atoms with Gasteiger partial charge in [-0.25, -0.2) is 0 Å². The van der Waals surface area contributed by atoms with Crippen LogP contribution in [0.15, 0.2) is 154 Å². The van der Waals surface area contributed by atoms with Crippen molar-refractivity contribution in [2.45, 2.75) is 6.92 Å². The molecule has 0 aliphatic heterocycles. The lowest BCUT2D eigenvalue weighted by Crippen LogP contribution is -2.00. The normalized spacial score (nSPS) is 12.4. The van der Waals surface area contributed by atoms with E-state index in [2.05, 4.69) is 90.0 Å². The minimum atomic E-state index is 0.506. The van der Waals surface area contributed by atoms with E-state index in [-0.39, 0.29) is 0 Å². The molecule has 0 fully saturated rings. The van der Waals surface area contributed by atoms with Gasteiger partial charge in [0.25, 0.3) is 0 Å². The lowest BCUT2D eigenvalue weighted by Gasteiger charge is -2.16. The number of furan rings is 2. The van der Waals surface area contributed by atoms with Crippen molar-refractivity contribution in [2.24, 2.45) is 0 Å². The molecule has 0 aliphatic rings. The summed E-state index contributed by atoms with van der Waals surface area (Å²) in [4.78, 5) is 0. The van der Waals surface area contributed by atoms with E-state index >= 15 is 0 Å². The molecule has 0 aliphatic carbocycles. The van der Waals surface area contributed by atoms with Gasteiger partial charge < -0.3 is 13.4 Å². The molecule has 0 radical (unpaired) electrons. The summed E-state index contributed by atoms with van der Waals surface area (Å²) in [7, 11) is 0. The first-order chi connectivity index (χ1) is 24.6. The van der Waals surface area contributed by atoms with Crippen LogP contribution in [0.2, 0.25) is 0 Å². The summed E-state index contributed by atoms with van der Waals surface area (Å²) in [6.07, 6.45) is 5.44. The van der Waals surface area contributed by atoms with E-state index in [1.54, 1.807) is 6.08 Å². The van der Waals surface area contributed by atoms with Gasteiger partial charge in [-0.3, -0.25) is 0 Å². The van der Waals surface area contributed by atoms with E-state index in [4.69, 9.17) is 8.83 Å². The highest BCUT2D eigenvalue weighted by atomic mass is 16.3. The highest BCUT2D eigenvalue weighted by molar-refractivity contribution is 6.16. The molecule has 0 bridgehead atoms. The van der Waals surface area contributed by atoms with Crippen molar-refractivity contribution in [1.82, 2.24) is 4.57 Å². The Morgan fingerprint density at radius 2 is 1.30 bits per heavy atom. The maximum atomic E-state index is 10.4. The Morgan fingerprint density at radius 1 is 0.660 bits per heavy atom. The molecule has 234 valence electrons. The first-order valence-corrected chi connectivity index (χ1v) is 16.4. The summed E-state index contributed by atoms with van der Waals surface area (Å²) < 4.78 is 14.9. The maximum Gasteiger partial charge on any atom is 0.139 e. The quantitative estimate of drug-likeness (QED) is 0.138. The third-order valence-corrected chi connectivity index (χ3v) is 9.59. The smallest absolute Gasteiger partial charge is 0.139 e. The van der Waals surface area contributed by atoms with Gasteiger partial charge in [0, 0.05) is 43.9 Å². The molecule has 3 heterocycles. The number of hydrogen-bond donors (Lipinski definition) is 0. The van der Waals surface area contributed by atoms with Crippen molar-refractivity contribution in [3.8, 4) is 29.0 Å². The van der Waals surface area contributed by atoms with Gasteiger partial charge in [0.1, 0.15) is 28.4 Å². The maximum absolute atomic E-state index is 10.4. The Morgan fingerprint density at radius 3 is 1.94 bits per heavy atom. The zero-order valence-electron chi connectivity index (χ0n) is 27.1. The monoisotopic (exact) mass is 641 g/mol. The molecule has 3 aromatic heterocycles. The van der Waals surface area contributed by atoms with Gasteiger partial charge >= 0.3 is 0 Å². The van der Waals surface area contributed by atoms with Gasteiger partial charge in [-0.1, -0.05) is 85.5 Å². The topological polar surface area (TPSA) is 78.8 Å². The van der Waals surface area contributed by atoms with E-state index in [0.717, 1.165) is 93.6 Å². The minimum absolute atomic E-state index is 0.506. The van der Waals surface area contributed by atoms with Crippen molar-refractivity contribution in [3.63, 3.8) is 0 Å². The van der Waals surface area contributed by atoms with Crippen LogP contribution in [-0.4, -0.2) is 4.57 Å². The lowest BCUT2D eigenvalue weighted by molar-refractivity contribution is 0.656. The minimum Gasteiger partial charge on any atom is -0.456 e. The molecule has 0 atom stereocenters. The van der Waals surface area contributed by atoms with Crippen LogP contribution in [-0.2, 0) is 0 Å². The molecule has 5 nitrogen and oxygen atoms in total. The van der Waals surface area contributed by atoms with Crippen molar-refractivity contribution < 1.29 is 8.83 Å². The van der Waals surface area contributed by atoms with Gasteiger partial charge in [-0.2, -0.15) is 10.5 Å². The van der Waals surface area contributed by atoms with Crippen LogP contribution >= 0.6 is 0 Å². The molecule has 0 N–H and O–H groups in total. The van der Waals surface area contributed by atoms with Crippen molar-refractivity contribution >= 4 is 71.3 Å². The summed E-state index contributed by atoms with van der Waals surface area (Å²) in [5.41, 5.74) is 10.6. The number of nitrogens with zero attached hydrogens (tertiary/aromatic N) is 3. The van der Waals surface area contributed by atoms with Gasteiger partial charge in [0.05, 0.1) is 33.9 Å². The highest BCUT2D eigenvalue weighted by Crippen LogP contribution is 2.42. The molecule has 0 saturated heterocycles. The molecule has 9 rings (SSSR count). The molecule has 0 amide bonds. The second-order valence-corrected chi connectivity index (χ2v) is 12.3. The highest BCUT2D eigenvalue weighted by Gasteiger charge is 2.20. The fraction of sp³-hybridized carbons (Fsp3) is 0.0222. The summed E-state index contributed by atoms with van der Waals surface area (Å²) >= 11 is 0. The average molecular weight is 642 g/mol. The van der Waals surface area contributed by atoms with Crippen molar-refractivity contribution in [2.75, 3.05) is 0 Å². The molecule has 0 spiro atoms. The fourth-order valence-corrected chi connectivity index (χ4v) is 7.38. The number of aromatic nitrogens is 1. The third kappa shape index (κ3) is 4.25. The van der Waals surface area contributed by atoms with Crippen LogP contribution in [0.3, 0.4) is 0 Å². The summed E-state index contributed by atoms with van der Waals surface area (Å²) in [5, 5.41) is 26.3. The SMILES string of the molecule is C=C/C(C#N)=C(\C=C/C)c1ccc2oc3cc4oc5ccc(-c6cccc(C#N)c6-n6c7ccccc7c7ccccc76)cc5c4cc3c2c1. The summed E-state index contributed by atoms with van der Waals surface area (Å²) in [6, 6.07) is 43.6. The van der Waals surface area contributed by atoms with Crippen LogP contribution < -0.4 is 0 Å². The van der Waals surface area contributed by atoms with E-state index < -0.39 is 0 Å². The molecule has 50 heavy (non-hydrogen) atoms. The van der Waals surface area contributed by atoms with Gasteiger partial charge in [-0.15, -0.1) is 0 Å². The van der Waals surface area contributed by atoms with Gasteiger partial charge in [0.15, 0.2) is 0 Å². The molecule has 0 saturated carbocycles. The molecular weight excluding hydrogens is 615 g/mol. The predicted molar refractivity (Wildman–Crippen MR) is 203 cm³/mol. The third-order valence-electron chi connectivity index (χ3n) is 9.59. The number of hydrogen-bond acceptors (Lipinski definition) is 4. The fourth-order valence-electron chi connectivity index (χ4n) is 7.38. The van der Waals surface area contributed by atoms with E-state index in [9.17, 15) is 10.5 Å². The van der Waals surface area contributed by atoms with Crippen LogP contribution in [0.4, 0.5) is 0 Å². The summed E-state index contributed by atoms with van der Waals surface area (Å²) in [5.74, 6) is 0. The number of rotatable bonds is 5. The largest absolute Gasteiger partial charge is 0.456 e. The van der Waals surface area contributed by atoms with Gasteiger partial charge in [0.2, 0.25) is 0 Å².